The molecule has 2 N–H and O–H groups in total. The molecule has 19 heavy (non-hydrogen) atoms. The smallest absolute Gasteiger partial charge is 0.0825 e. The summed E-state index contributed by atoms with van der Waals surface area (Å²) in [6, 6.07) is 9.10. The summed E-state index contributed by atoms with van der Waals surface area (Å²) >= 11 is 3.64. The van der Waals surface area contributed by atoms with E-state index in [4.69, 9.17) is 0 Å². The largest absolute Gasteiger partial charge is 0.379 e. The molecule has 1 fully saturated rings. The Morgan fingerprint density at radius 1 is 1.26 bits per heavy atom. The maximum absolute atomic E-state index is 4.22. The van der Waals surface area contributed by atoms with Crippen molar-refractivity contribution < 1.29 is 0 Å². The minimum atomic E-state index is 0.562. The molecule has 1 aliphatic rings. The molecular formula is C15H18BrN3. The number of aryl methyl sites for hydroxylation is 2. The van der Waals surface area contributed by atoms with E-state index in [1.165, 1.54) is 28.6 Å². The van der Waals surface area contributed by atoms with Crippen molar-refractivity contribution in [3.8, 4) is 0 Å². The second-order valence-corrected chi connectivity index (χ2v) is 6.19. The molecule has 0 atom stereocenters. The van der Waals surface area contributed by atoms with Crippen LogP contribution in [0.25, 0.3) is 0 Å². The van der Waals surface area contributed by atoms with Crippen molar-refractivity contribution in [3.63, 3.8) is 0 Å². The molecule has 4 heteroatoms. The maximum Gasteiger partial charge on any atom is 0.0825 e. The van der Waals surface area contributed by atoms with Crippen LogP contribution in [0.1, 0.15) is 35.7 Å². The molecule has 0 amide bonds. The first-order chi connectivity index (χ1) is 9.15. The van der Waals surface area contributed by atoms with Gasteiger partial charge in [-0.3, -0.25) is 5.10 Å². The third-order valence-electron chi connectivity index (χ3n) is 3.96. The first kappa shape index (κ1) is 12.7. The lowest BCUT2D eigenvalue weighted by atomic mass is 9.76. The quantitative estimate of drug-likeness (QED) is 0.892. The highest BCUT2D eigenvalue weighted by Gasteiger charge is 2.31. The highest BCUT2D eigenvalue weighted by Crippen LogP contribution is 2.41. The maximum atomic E-state index is 4.22. The zero-order valence-electron chi connectivity index (χ0n) is 11.2. The van der Waals surface area contributed by atoms with Gasteiger partial charge in [0.25, 0.3) is 0 Å². The Morgan fingerprint density at radius 3 is 2.63 bits per heavy atom. The van der Waals surface area contributed by atoms with E-state index < -0.39 is 0 Å². The van der Waals surface area contributed by atoms with E-state index in [-0.39, 0.29) is 0 Å². The average molecular weight is 320 g/mol. The monoisotopic (exact) mass is 319 g/mol. The van der Waals surface area contributed by atoms with Crippen LogP contribution in [0.15, 0.2) is 28.7 Å². The third kappa shape index (κ3) is 2.41. The van der Waals surface area contributed by atoms with Gasteiger partial charge >= 0.3 is 0 Å². The lowest BCUT2D eigenvalue weighted by Gasteiger charge is -2.37. The van der Waals surface area contributed by atoms with E-state index in [0.717, 1.165) is 11.4 Å². The normalized spacial score (nSPS) is 22.1. The number of rotatable bonds is 3. The Hall–Kier alpha value is -1.29. The lowest BCUT2D eigenvalue weighted by molar-refractivity contribution is 0.373. The fourth-order valence-electron chi connectivity index (χ4n) is 2.76. The molecule has 1 heterocycles. The Bertz CT molecular complexity index is 565. The summed E-state index contributed by atoms with van der Waals surface area (Å²) in [6.45, 7) is 4.10. The predicted molar refractivity (Wildman–Crippen MR) is 81.6 cm³/mol. The number of nitrogens with zero attached hydrogens (tertiary/aromatic N) is 1. The van der Waals surface area contributed by atoms with E-state index in [9.17, 15) is 0 Å². The van der Waals surface area contributed by atoms with Gasteiger partial charge in [-0.1, -0.05) is 34.1 Å². The van der Waals surface area contributed by atoms with E-state index >= 15 is 0 Å². The molecule has 1 aromatic heterocycles. The summed E-state index contributed by atoms with van der Waals surface area (Å²) in [5.41, 5.74) is 4.79. The second-order valence-electron chi connectivity index (χ2n) is 5.34. The van der Waals surface area contributed by atoms with Crippen molar-refractivity contribution in [3.05, 3.63) is 45.7 Å². The third-order valence-corrected chi connectivity index (χ3v) is 4.68. The number of anilines is 1. The molecule has 2 aromatic rings. The topological polar surface area (TPSA) is 40.7 Å². The zero-order chi connectivity index (χ0) is 13.4. The van der Waals surface area contributed by atoms with Gasteiger partial charge in [0.2, 0.25) is 0 Å². The summed E-state index contributed by atoms with van der Waals surface area (Å²) < 4.78 is 1.23. The van der Waals surface area contributed by atoms with Gasteiger partial charge in [-0.25, -0.2) is 0 Å². The number of H-pyrrole nitrogens is 1. The number of nitrogens with one attached hydrogen (secondary N) is 2. The molecule has 100 valence electrons. The summed E-state index contributed by atoms with van der Waals surface area (Å²) in [6.07, 6.45) is 2.37. The number of halogens is 1. The van der Waals surface area contributed by atoms with Crippen LogP contribution in [0.3, 0.4) is 0 Å². The van der Waals surface area contributed by atoms with Crippen LogP contribution in [0.2, 0.25) is 0 Å². The molecule has 0 spiro atoms. The molecule has 1 saturated carbocycles. The minimum Gasteiger partial charge on any atom is -0.379 e. The van der Waals surface area contributed by atoms with Crippen LogP contribution >= 0.6 is 15.9 Å². The first-order valence-corrected chi connectivity index (χ1v) is 7.47. The van der Waals surface area contributed by atoms with Crippen molar-refractivity contribution in [1.82, 2.24) is 10.2 Å². The Morgan fingerprint density at radius 2 is 2.00 bits per heavy atom. The molecule has 0 unspecified atom stereocenters. The van der Waals surface area contributed by atoms with Crippen molar-refractivity contribution in [2.45, 2.75) is 38.6 Å². The Kier molecular flexibility index (Phi) is 3.35. The molecule has 0 radical (unpaired) electrons. The molecule has 0 saturated heterocycles. The number of hydrogen-bond acceptors (Lipinski definition) is 2. The second kappa shape index (κ2) is 5.00. The highest BCUT2D eigenvalue weighted by atomic mass is 79.9. The lowest BCUT2D eigenvalue weighted by Crippen LogP contribution is -2.34. The summed E-state index contributed by atoms with van der Waals surface area (Å²) in [5.74, 6) is 0.667. The van der Waals surface area contributed by atoms with Crippen LogP contribution in [0.4, 0.5) is 5.69 Å². The van der Waals surface area contributed by atoms with Gasteiger partial charge in [-0.05, 0) is 44.2 Å². The van der Waals surface area contributed by atoms with Crippen molar-refractivity contribution in [2.24, 2.45) is 0 Å². The van der Waals surface area contributed by atoms with Gasteiger partial charge in [0.05, 0.1) is 17.1 Å². The van der Waals surface area contributed by atoms with Crippen molar-refractivity contribution in [1.29, 1.82) is 0 Å². The molecule has 1 aliphatic carbocycles. The summed E-state index contributed by atoms with van der Waals surface area (Å²) in [7, 11) is 0. The molecule has 1 aromatic carbocycles. The summed E-state index contributed by atoms with van der Waals surface area (Å²) in [5, 5.41) is 10.9. The fourth-order valence-corrected chi connectivity index (χ4v) is 3.37. The van der Waals surface area contributed by atoms with Crippen LogP contribution < -0.4 is 5.32 Å². The summed E-state index contributed by atoms with van der Waals surface area (Å²) in [4.78, 5) is 0. The molecule has 3 rings (SSSR count). The SMILES string of the molecule is Cc1n[nH]c(C)c1NC1CC(c2ccccc2Br)C1. The van der Waals surface area contributed by atoms with E-state index in [1.807, 2.05) is 6.92 Å². The van der Waals surface area contributed by atoms with E-state index in [2.05, 4.69) is 62.6 Å². The van der Waals surface area contributed by atoms with Crippen LogP contribution in [0.5, 0.6) is 0 Å². The van der Waals surface area contributed by atoms with Gasteiger partial charge < -0.3 is 5.32 Å². The fraction of sp³-hybridized carbons (Fsp3) is 0.400. The predicted octanol–water partition coefficient (Wildman–Crippen LogP) is 4.15. The highest BCUT2D eigenvalue weighted by molar-refractivity contribution is 9.10. The number of hydrogen-bond donors (Lipinski definition) is 2. The van der Waals surface area contributed by atoms with Gasteiger partial charge in [0.15, 0.2) is 0 Å². The minimum absolute atomic E-state index is 0.562. The van der Waals surface area contributed by atoms with Crippen molar-refractivity contribution in [2.75, 3.05) is 5.32 Å². The van der Waals surface area contributed by atoms with Gasteiger partial charge in [-0.15, -0.1) is 0 Å². The molecular weight excluding hydrogens is 302 g/mol. The van der Waals surface area contributed by atoms with Gasteiger partial charge in [-0.2, -0.15) is 5.10 Å². The van der Waals surface area contributed by atoms with Crippen LogP contribution in [-0.2, 0) is 0 Å². The number of benzene rings is 1. The standard InChI is InChI=1S/C15H18BrN3/c1-9-15(10(2)19-18-9)17-12-7-11(8-12)13-5-3-4-6-14(13)16/h3-6,11-12,17H,7-8H2,1-2H3,(H,18,19). The Labute approximate surface area is 121 Å². The first-order valence-electron chi connectivity index (χ1n) is 6.67. The van der Waals surface area contributed by atoms with E-state index in [1.54, 1.807) is 0 Å². The van der Waals surface area contributed by atoms with Gasteiger partial charge in [0, 0.05) is 10.5 Å². The van der Waals surface area contributed by atoms with E-state index in [0.29, 0.717) is 12.0 Å². The molecule has 3 nitrogen and oxygen atoms in total. The molecule has 0 aliphatic heterocycles. The van der Waals surface area contributed by atoms with Crippen LogP contribution in [-0.4, -0.2) is 16.2 Å². The Balaban J connectivity index is 1.63. The molecule has 0 bridgehead atoms. The van der Waals surface area contributed by atoms with Crippen molar-refractivity contribution >= 4 is 21.6 Å². The van der Waals surface area contributed by atoms with Gasteiger partial charge in [0.1, 0.15) is 0 Å². The number of aromatic amines is 1. The zero-order valence-corrected chi connectivity index (χ0v) is 12.8. The average Bonchev–Trinajstić information content (AvgIpc) is 2.65. The number of aromatic nitrogens is 2. The van der Waals surface area contributed by atoms with Crippen LogP contribution in [0, 0.1) is 13.8 Å².